The highest BCUT2D eigenvalue weighted by Crippen LogP contribution is 2.42. The number of halogens is 1. The highest BCUT2D eigenvalue weighted by molar-refractivity contribution is 5.97. The van der Waals surface area contributed by atoms with E-state index < -0.39 is 0 Å². The first-order valence-electron chi connectivity index (χ1n) is 14.4. The molecule has 0 saturated carbocycles. The van der Waals surface area contributed by atoms with E-state index in [2.05, 4.69) is 59.1 Å². The zero-order valence-corrected chi connectivity index (χ0v) is 23.9. The summed E-state index contributed by atoms with van der Waals surface area (Å²) in [6, 6.07) is 9.60. The Bertz CT molecular complexity index is 1370. The van der Waals surface area contributed by atoms with Gasteiger partial charge < -0.3 is 15.0 Å². The van der Waals surface area contributed by atoms with Gasteiger partial charge in [-0.1, -0.05) is 26.0 Å². The van der Waals surface area contributed by atoms with Crippen molar-refractivity contribution in [2.24, 2.45) is 0 Å². The van der Waals surface area contributed by atoms with Gasteiger partial charge in [0.05, 0.1) is 31.1 Å². The molecule has 2 fully saturated rings. The van der Waals surface area contributed by atoms with Gasteiger partial charge in [0.15, 0.2) is 5.65 Å². The van der Waals surface area contributed by atoms with E-state index >= 15 is 0 Å². The minimum absolute atomic E-state index is 0.112. The van der Waals surface area contributed by atoms with E-state index in [1.807, 2.05) is 9.30 Å². The van der Waals surface area contributed by atoms with E-state index in [1.54, 1.807) is 18.5 Å². The highest BCUT2D eigenvalue weighted by atomic mass is 19.1. The predicted octanol–water partition coefficient (Wildman–Crippen LogP) is 2.47. The van der Waals surface area contributed by atoms with Crippen LogP contribution in [0.2, 0.25) is 0 Å². The van der Waals surface area contributed by atoms with Gasteiger partial charge in [-0.3, -0.25) is 19.0 Å². The van der Waals surface area contributed by atoms with Crippen LogP contribution in [0.3, 0.4) is 0 Å². The van der Waals surface area contributed by atoms with Gasteiger partial charge in [0.2, 0.25) is 5.91 Å². The topological polar surface area (TPSA) is 78.2 Å². The van der Waals surface area contributed by atoms with Gasteiger partial charge in [-0.15, -0.1) is 10.2 Å². The second kappa shape index (κ2) is 10.8. The Hall–Kier alpha value is -2.92. The second-order valence-electron chi connectivity index (χ2n) is 12.4. The number of ether oxygens (including phenoxy) is 1. The monoisotopic (exact) mass is 549 g/mol. The molecule has 0 radical (unpaired) electrons. The number of aromatic nitrogens is 3. The van der Waals surface area contributed by atoms with Gasteiger partial charge in [0.1, 0.15) is 12.1 Å². The molecule has 2 saturated heterocycles. The molecule has 6 rings (SSSR count). The van der Waals surface area contributed by atoms with Crippen LogP contribution in [0.5, 0.6) is 0 Å². The first-order chi connectivity index (χ1) is 19.2. The number of carbonyl (C=O) groups excluding carboxylic acids is 1. The quantitative estimate of drug-likeness (QED) is 0.506. The van der Waals surface area contributed by atoms with E-state index in [0.29, 0.717) is 31.6 Å². The fourth-order valence-corrected chi connectivity index (χ4v) is 6.62. The maximum absolute atomic E-state index is 14.1. The molecule has 3 atom stereocenters. The normalized spacial score (nSPS) is 25.4. The highest BCUT2D eigenvalue weighted by Gasteiger charge is 2.42. The summed E-state index contributed by atoms with van der Waals surface area (Å²) in [5.41, 5.74) is 4.43. The SMILES string of the molecule is C[C@@H]1CN(CC(=O)N2CC(C)(C)c3c2cc(Cc2ccc(F)cc2)c2nncn32)[C@@H](CN2CCOC[C@H]2C)CN1. The Morgan fingerprint density at radius 1 is 1.20 bits per heavy atom. The molecule has 0 spiro atoms. The molecule has 40 heavy (non-hydrogen) atoms. The molecular weight excluding hydrogens is 509 g/mol. The Kier molecular flexibility index (Phi) is 7.37. The number of fused-ring (bicyclic) bond motifs is 3. The Balaban J connectivity index is 1.28. The molecule has 2 aromatic heterocycles. The largest absolute Gasteiger partial charge is 0.379 e. The van der Waals surface area contributed by atoms with Gasteiger partial charge in [-0.25, -0.2) is 4.39 Å². The summed E-state index contributed by atoms with van der Waals surface area (Å²) >= 11 is 0. The third kappa shape index (κ3) is 5.25. The lowest BCUT2D eigenvalue weighted by Gasteiger charge is -2.43. The molecular formula is C30H40FN7O2. The molecule has 3 aliphatic heterocycles. The number of benzene rings is 1. The molecule has 0 aliphatic carbocycles. The van der Waals surface area contributed by atoms with Gasteiger partial charge in [0, 0.05) is 68.2 Å². The van der Waals surface area contributed by atoms with Crippen molar-refractivity contribution in [3.63, 3.8) is 0 Å². The van der Waals surface area contributed by atoms with Crippen LogP contribution in [0, 0.1) is 5.82 Å². The van der Waals surface area contributed by atoms with Crippen LogP contribution in [0.15, 0.2) is 36.7 Å². The van der Waals surface area contributed by atoms with Gasteiger partial charge in [-0.2, -0.15) is 0 Å². The van der Waals surface area contributed by atoms with E-state index in [-0.39, 0.29) is 23.2 Å². The smallest absolute Gasteiger partial charge is 0.241 e. The maximum atomic E-state index is 14.1. The summed E-state index contributed by atoms with van der Waals surface area (Å²) < 4.78 is 21.2. The van der Waals surface area contributed by atoms with Crippen molar-refractivity contribution in [1.82, 2.24) is 29.7 Å². The first-order valence-corrected chi connectivity index (χ1v) is 14.4. The maximum Gasteiger partial charge on any atom is 0.241 e. The molecule has 9 nitrogen and oxygen atoms in total. The molecule has 214 valence electrons. The molecule has 0 bridgehead atoms. The minimum atomic E-state index is -0.264. The predicted molar refractivity (Wildman–Crippen MR) is 152 cm³/mol. The summed E-state index contributed by atoms with van der Waals surface area (Å²) in [4.78, 5) is 20.9. The van der Waals surface area contributed by atoms with Gasteiger partial charge in [0.25, 0.3) is 0 Å². The van der Waals surface area contributed by atoms with Crippen molar-refractivity contribution >= 4 is 17.2 Å². The average molecular weight is 550 g/mol. The second-order valence-corrected chi connectivity index (χ2v) is 12.4. The van der Waals surface area contributed by atoms with E-state index in [9.17, 15) is 9.18 Å². The lowest BCUT2D eigenvalue weighted by atomic mass is 9.90. The van der Waals surface area contributed by atoms with Crippen molar-refractivity contribution in [1.29, 1.82) is 0 Å². The van der Waals surface area contributed by atoms with Gasteiger partial charge >= 0.3 is 0 Å². The molecule has 10 heteroatoms. The summed E-state index contributed by atoms with van der Waals surface area (Å²) in [5.74, 6) is -0.145. The third-order valence-electron chi connectivity index (χ3n) is 8.74. The number of rotatable bonds is 6. The van der Waals surface area contributed by atoms with Crippen LogP contribution in [-0.2, 0) is 21.4 Å². The van der Waals surface area contributed by atoms with Crippen molar-refractivity contribution in [3.8, 4) is 0 Å². The summed E-state index contributed by atoms with van der Waals surface area (Å²) in [6.45, 7) is 14.8. The van der Waals surface area contributed by atoms with Gasteiger partial charge in [-0.05, 0) is 37.6 Å². The van der Waals surface area contributed by atoms with Crippen LogP contribution in [0.4, 0.5) is 10.1 Å². The standard InChI is InChI=1S/C30H40FN7O2/c1-20-14-36(25(13-32-20)15-35-9-10-40-17-21(35)2)16-27(39)37-18-30(3,4)28-26(37)12-23(29-34-33-19-38(28)29)11-22-5-7-24(31)8-6-22/h5-8,12,19-21,25,32H,9-11,13-18H2,1-4H3/t20-,21-,25-/m1/s1. The number of amides is 1. The molecule has 3 aromatic rings. The first kappa shape index (κ1) is 27.3. The average Bonchev–Trinajstić information content (AvgIpc) is 3.50. The Labute approximate surface area is 235 Å². The Morgan fingerprint density at radius 2 is 2.00 bits per heavy atom. The number of piperazine rings is 1. The molecule has 5 heterocycles. The number of morpholine rings is 1. The van der Waals surface area contributed by atoms with E-state index in [4.69, 9.17) is 4.74 Å². The lowest BCUT2D eigenvalue weighted by Crippen LogP contribution is -2.62. The Morgan fingerprint density at radius 3 is 2.77 bits per heavy atom. The molecule has 1 N–H and O–H groups in total. The van der Waals surface area contributed by atoms with Crippen LogP contribution < -0.4 is 10.2 Å². The molecule has 1 aromatic carbocycles. The van der Waals surface area contributed by atoms with Crippen molar-refractivity contribution < 1.29 is 13.9 Å². The van der Waals surface area contributed by atoms with Crippen molar-refractivity contribution in [2.75, 3.05) is 57.4 Å². The van der Waals surface area contributed by atoms with Crippen LogP contribution in [-0.4, -0.2) is 101 Å². The van der Waals surface area contributed by atoms with Crippen molar-refractivity contribution in [2.45, 2.75) is 57.7 Å². The number of nitrogens with zero attached hydrogens (tertiary/aromatic N) is 6. The number of carbonyl (C=O) groups is 1. The van der Waals surface area contributed by atoms with Crippen LogP contribution in [0.1, 0.15) is 44.5 Å². The third-order valence-corrected chi connectivity index (χ3v) is 8.74. The molecule has 0 unspecified atom stereocenters. The fourth-order valence-electron chi connectivity index (χ4n) is 6.62. The summed E-state index contributed by atoms with van der Waals surface area (Å²) in [7, 11) is 0. The number of pyridine rings is 1. The van der Waals surface area contributed by atoms with E-state index in [1.165, 1.54) is 12.1 Å². The number of nitrogens with one attached hydrogen (secondary N) is 1. The molecule has 1 amide bonds. The minimum Gasteiger partial charge on any atom is -0.379 e. The zero-order chi connectivity index (χ0) is 28.0. The van der Waals surface area contributed by atoms with E-state index in [0.717, 1.165) is 67.5 Å². The van der Waals surface area contributed by atoms with Crippen LogP contribution in [0.25, 0.3) is 5.65 Å². The van der Waals surface area contributed by atoms with Crippen molar-refractivity contribution in [3.05, 3.63) is 59.3 Å². The van der Waals surface area contributed by atoms with Crippen LogP contribution >= 0.6 is 0 Å². The summed E-state index contributed by atoms with van der Waals surface area (Å²) in [5, 5.41) is 12.3. The fraction of sp³-hybridized carbons (Fsp3) is 0.567. The number of hydrogen-bond donors (Lipinski definition) is 1. The number of hydrogen-bond acceptors (Lipinski definition) is 7. The molecule has 3 aliphatic rings. The summed E-state index contributed by atoms with van der Waals surface area (Å²) in [6.07, 6.45) is 2.32. The zero-order valence-electron chi connectivity index (χ0n) is 23.9. The lowest BCUT2D eigenvalue weighted by molar-refractivity contribution is -0.121. The number of anilines is 1.